The van der Waals surface area contributed by atoms with Crippen LogP contribution in [0.2, 0.25) is 0 Å². The lowest BCUT2D eigenvalue weighted by Gasteiger charge is -2.07. The lowest BCUT2D eigenvalue weighted by molar-refractivity contribution is 0.102. The Kier molecular flexibility index (Phi) is 4.24. The van der Waals surface area contributed by atoms with Crippen molar-refractivity contribution in [3.63, 3.8) is 0 Å². The topological polar surface area (TPSA) is 82.7 Å². The normalized spacial score (nSPS) is 12.3. The third-order valence-corrected chi connectivity index (χ3v) is 4.81. The zero-order chi connectivity index (χ0) is 20.7. The third-order valence-electron chi connectivity index (χ3n) is 4.81. The summed E-state index contributed by atoms with van der Waals surface area (Å²) < 4.78 is 30.4. The van der Waals surface area contributed by atoms with Crippen LogP contribution < -0.4 is 20.5 Å². The van der Waals surface area contributed by atoms with Gasteiger partial charge in [-0.05, 0) is 48.0 Å². The maximum Gasteiger partial charge on any atom is 0.420 e. The molecule has 1 aliphatic rings. The Morgan fingerprint density at radius 1 is 1.00 bits per heavy atom. The first-order chi connectivity index (χ1) is 14.6. The number of oxazole rings is 1. The van der Waals surface area contributed by atoms with Gasteiger partial charge in [-0.2, -0.15) is 0 Å². The predicted molar refractivity (Wildman–Crippen MR) is 106 cm³/mol. The zero-order valence-corrected chi connectivity index (χ0v) is 15.6. The molecule has 0 fully saturated rings. The van der Waals surface area contributed by atoms with Crippen LogP contribution in [0.4, 0.5) is 10.1 Å². The van der Waals surface area contributed by atoms with Gasteiger partial charge in [0.25, 0.3) is 5.91 Å². The van der Waals surface area contributed by atoms with E-state index in [2.05, 4.69) is 5.32 Å². The van der Waals surface area contributed by atoms with Gasteiger partial charge in [-0.3, -0.25) is 9.36 Å². The van der Waals surface area contributed by atoms with Crippen LogP contribution in [-0.4, -0.2) is 17.3 Å². The number of hydrogen-bond donors (Lipinski definition) is 1. The molecule has 0 spiro atoms. The Morgan fingerprint density at radius 3 is 2.63 bits per heavy atom. The van der Waals surface area contributed by atoms with Crippen molar-refractivity contribution in [2.75, 3.05) is 12.1 Å². The van der Waals surface area contributed by atoms with Gasteiger partial charge in [0, 0.05) is 17.3 Å². The van der Waals surface area contributed by atoms with E-state index in [1.807, 2.05) is 0 Å². The van der Waals surface area contributed by atoms with E-state index in [0.717, 1.165) is 5.56 Å². The first-order valence-corrected chi connectivity index (χ1v) is 9.16. The summed E-state index contributed by atoms with van der Waals surface area (Å²) in [7, 11) is 0. The average molecular weight is 406 g/mol. The Balaban J connectivity index is 1.44. The summed E-state index contributed by atoms with van der Waals surface area (Å²) in [5, 5.41) is 2.80. The molecule has 1 aliphatic heterocycles. The van der Waals surface area contributed by atoms with Crippen LogP contribution in [0.1, 0.15) is 15.9 Å². The van der Waals surface area contributed by atoms with Crippen molar-refractivity contribution in [3.8, 4) is 11.5 Å². The largest absolute Gasteiger partial charge is 0.454 e. The number of ether oxygens (including phenoxy) is 2. The van der Waals surface area contributed by atoms with Crippen molar-refractivity contribution in [1.29, 1.82) is 0 Å². The van der Waals surface area contributed by atoms with Crippen LogP contribution in [0.5, 0.6) is 11.5 Å². The van der Waals surface area contributed by atoms with E-state index in [9.17, 15) is 14.0 Å². The molecule has 150 valence electrons. The van der Waals surface area contributed by atoms with Gasteiger partial charge in [-0.15, -0.1) is 0 Å². The van der Waals surface area contributed by atoms with Gasteiger partial charge < -0.3 is 19.2 Å². The van der Waals surface area contributed by atoms with Crippen molar-refractivity contribution < 1.29 is 23.1 Å². The van der Waals surface area contributed by atoms with Gasteiger partial charge in [-0.25, -0.2) is 9.18 Å². The minimum atomic E-state index is -0.553. The molecule has 0 unspecified atom stereocenters. The molecular weight excluding hydrogens is 391 g/mol. The highest BCUT2D eigenvalue weighted by atomic mass is 19.1. The lowest BCUT2D eigenvalue weighted by atomic mass is 10.1. The number of benzene rings is 3. The molecule has 1 N–H and O–H groups in total. The minimum absolute atomic E-state index is 0.148. The highest BCUT2D eigenvalue weighted by molar-refractivity contribution is 6.06. The van der Waals surface area contributed by atoms with Crippen molar-refractivity contribution in [3.05, 3.63) is 88.2 Å². The second-order valence-electron chi connectivity index (χ2n) is 6.79. The number of anilines is 1. The molecule has 2 heterocycles. The molecule has 0 radical (unpaired) electrons. The SMILES string of the molecule is O=C(Nc1ccc2c(c1)OCO2)c1ccc2oc(=O)n(Cc3ccc(F)cc3)c2c1. The Hall–Kier alpha value is -4.07. The van der Waals surface area contributed by atoms with Crippen LogP contribution in [0.15, 0.2) is 69.9 Å². The van der Waals surface area contributed by atoms with Crippen LogP contribution in [0, 0.1) is 5.82 Å². The highest BCUT2D eigenvalue weighted by Crippen LogP contribution is 2.34. The van der Waals surface area contributed by atoms with E-state index < -0.39 is 5.76 Å². The van der Waals surface area contributed by atoms with E-state index >= 15 is 0 Å². The zero-order valence-electron chi connectivity index (χ0n) is 15.6. The molecule has 1 amide bonds. The molecule has 0 saturated heterocycles. The smallest absolute Gasteiger partial charge is 0.420 e. The lowest BCUT2D eigenvalue weighted by Crippen LogP contribution is -2.15. The number of rotatable bonds is 4. The molecule has 7 nitrogen and oxygen atoms in total. The number of amides is 1. The molecule has 0 saturated carbocycles. The van der Waals surface area contributed by atoms with Crippen LogP contribution in [0.3, 0.4) is 0 Å². The molecule has 30 heavy (non-hydrogen) atoms. The number of halogens is 1. The van der Waals surface area contributed by atoms with Crippen molar-refractivity contribution in [2.45, 2.75) is 6.54 Å². The second kappa shape index (κ2) is 7.07. The molecule has 8 heteroatoms. The molecule has 0 aliphatic carbocycles. The number of aromatic nitrogens is 1. The third kappa shape index (κ3) is 3.28. The van der Waals surface area contributed by atoms with Gasteiger partial charge in [0.15, 0.2) is 17.1 Å². The first kappa shape index (κ1) is 18.0. The van der Waals surface area contributed by atoms with Gasteiger partial charge in [0.2, 0.25) is 6.79 Å². The summed E-state index contributed by atoms with van der Waals surface area (Å²) >= 11 is 0. The number of carbonyl (C=O) groups excluding carboxylic acids is 1. The molecule has 3 aromatic carbocycles. The van der Waals surface area contributed by atoms with E-state index in [-0.39, 0.29) is 25.1 Å². The fourth-order valence-corrected chi connectivity index (χ4v) is 3.30. The second-order valence-corrected chi connectivity index (χ2v) is 6.79. The van der Waals surface area contributed by atoms with Gasteiger partial charge in [0.05, 0.1) is 12.1 Å². The summed E-state index contributed by atoms with van der Waals surface area (Å²) in [4.78, 5) is 25.0. The first-order valence-electron chi connectivity index (χ1n) is 9.16. The number of nitrogens with zero attached hydrogens (tertiary/aromatic N) is 1. The van der Waals surface area contributed by atoms with E-state index in [0.29, 0.717) is 33.8 Å². The van der Waals surface area contributed by atoms with Crippen LogP contribution in [0.25, 0.3) is 11.1 Å². The maximum absolute atomic E-state index is 13.1. The van der Waals surface area contributed by atoms with Gasteiger partial charge >= 0.3 is 5.76 Å². The maximum atomic E-state index is 13.1. The van der Waals surface area contributed by atoms with Crippen molar-refractivity contribution >= 4 is 22.7 Å². The summed E-state index contributed by atoms with van der Waals surface area (Å²) in [6.45, 7) is 0.342. The molecule has 0 bridgehead atoms. The number of carbonyl (C=O) groups is 1. The number of fused-ring (bicyclic) bond motifs is 2. The highest BCUT2D eigenvalue weighted by Gasteiger charge is 2.16. The Bertz CT molecular complexity index is 1320. The molecule has 0 atom stereocenters. The molecule has 5 rings (SSSR count). The molecular formula is C22H15FN2O5. The monoisotopic (exact) mass is 406 g/mol. The van der Waals surface area contributed by atoms with Gasteiger partial charge in [0.1, 0.15) is 5.82 Å². The minimum Gasteiger partial charge on any atom is -0.454 e. The fraction of sp³-hybridized carbons (Fsp3) is 0.0909. The number of hydrogen-bond acceptors (Lipinski definition) is 5. The quantitative estimate of drug-likeness (QED) is 0.558. The molecule has 1 aromatic heterocycles. The summed E-state index contributed by atoms with van der Waals surface area (Å²) in [6, 6.07) is 15.7. The molecule has 4 aromatic rings. The van der Waals surface area contributed by atoms with Crippen LogP contribution >= 0.6 is 0 Å². The van der Waals surface area contributed by atoms with E-state index in [1.165, 1.54) is 16.7 Å². The van der Waals surface area contributed by atoms with Crippen molar-refractivity contribution in [2.24, 2.45) is 0 Å². The fourth-order valence-electron chi connectivity index (χ4n) is 3.30. The summed E-state index contributed by atoms with van der Waals surface area (Å²) in [6.07, 6.45) is 0. The standard InChI is InChI=1S/C22H15FN2O5/c23-15-4-1-13(2-5-15)11-25-17-9-14(3-7-18(17)30-22(25)27)21(26)24-16-6-8-19-20(10-16)29-12-28-19/h1-10H,11-12H2,(H,24,26). The Labute approximate surface area is 169 Å². The van der Waals surface area contributed by atoms with E-state index in [1.54, 1.807) is 48.5 Å². The summed E-state index contributed by atoms with van der Waals surface area (Å²) in [5.41, 5.74) is 2.48. The Morgan fingerprint density at radius 2 is 1.80 bits per heavy atom. The predicted octanol–water partition coefficient (Wildman–Crippen LogP) is 3.76. The number of nitrogens with one attached hydrogen (secondary N) is 1. The average Bonchev–Trinajstić information content (AvgIpc) is 3.33. The van der Waals surface area contributed by atoms with E-state index in [4.69, 9.17) is 13.9 Å². The van der Waals surface area contributed by atoms with Crippen molar-refractivity contribution in [1.82, 2.24) is 4.57 Å². The summed E-state index contributed by atoms with van der Waals surface area (Å²) in [5.74, 6) is -0.0742. The van der Waals surface area contributed by atoms with Crippen LogP contribution in [-0.2, 0) is 6.54 Å². The van der Waals surface area contributed by atoms with Gasteiger partial charge in [-0.1, -0.05) is 12.1 Å².